The monoisotopic (exact) mass is 303 g/mol. The van der Waals surface area contributed by atoms with Crippen molar-refractivity contribution in [2.75, 3.05) is 19.7 Å². The van der Waals surface area contributed by atoms with Gasteiger partial charge in [0.15, 0.2) is 6.61 Å². The van der Waals surface area contributed by atoms with Crippen molar-refractivity contribution in [3.63, 3.8) is 0 Å². The summed E-state index contributed by atoms with van der Waals surface area (Å²) in [5.74, 6) is -1.59. The zero-order valence-electron chi connectivity index (χ0n) is 10.6. The summed E-state index contributed by atoms with van der Waals surface area (Å²) in [6, 6.07) is 5.37. The van der Waals surface area contributed by atoms with Gasteiger partial charge in [0.2, 0.25) is 0 Å². The topological polar surface area (TPSA) is 66.8 Å². The third-order valence-electron chi connectivity index (χ3n) is 3.07. The summed E-state index contributed by atoms with van der Waals surface area (Å²) in [7, 11) is 0. The average Bonchev–Trinajstić information content (AvgIpc) is 2.87. The molecule has 0 saturated carbocycles. The van der Waals surface area contributed by atoms with Crippen molar-refractivity contribution in [2.45, 2.75) is 6.42 Å². The number of nitrogens with zero attached hydrogens (tertiary/aromatic N) is 1. The number of likely N-dealkylation sites (tertiary alicyclic amines) is 1. The molecule has 0 aliphatic carbocycles. The molecule has 0 spiro atoms. The number of hydrogen-bond acceptors (Lipinski definition) is 3. The Morgan fingerprint density at radius 1 is 1.35 bits per heavy atom. The Hall–Kier alpha value is -1.82. The predicted molar refractivity (Wildman–Crippen MR) is 71.5 cm³/mol. The summed E-state index contributed by atoms with van der Waals surface area (Å²) in [6.07, 6.45) is 0.470. The standard InChI is InChI=1S/C13H14FNO4.ClH/c14-10-1-3-11(4-2-10)19-8-12(16)15-6-5-9(7-15)13(17)18;/h1-4,9H,5-8H2,(H,17,18);1H. The number of ether oxygens (including phenoxy) is 1. The molecule has 5 nitrogen and oxygen atoms in total. The zero-order valence-corrected chi connectivity index (χ0v) is 11.4. The van der Waals surface area contributed by atoms with E-state index in [1.807, 2.05) is 0 Å². The van der Waals surface area contributed by atoms with E-state index in [2.05, 4.69) is 0 Å². The van der Waals surface area contributed by atoms with Gasteiger partial charge in [0, 0.05) is 13.1 Å². The Morgan fingerprint density at radius 2 is 2.00 bits per heavy atom. The Morgan fingerprint density at radius 3 is 2.55 bits per heavy atom. The molecule has 1 aromatic carbocycles. The molecule has 1 fully saturated rings. The Kier molecular flexibility index (Phi) is 5.76. The first-order valence-electron chi connectivity index (χ1n) is 5.95. The zero-order chi connectivity index (χ0) is 13.8. The minimum atomic E-state index is -0.880. The van der Waals surface area contributed by atoms with Gasteiger partial charge in [0.05, 0.1) is 5.92 Å². The second kappa shape index (κ2) is 7.09. The van der Waals surface area contributed by atoms with Crippen molar-refractivity contribution < 1.29 is 23.8 Å². The number of carbonyl (C=O) groups excluding carboxylic acids is 1. The molecule has 1 atom stereocenters. The number of amides is 1. The average molecular weight is 304 g/mol. The number of carbonyl (C=O) groups is 2. The van der Waals surface area contributed by atoms with E-state index in [4.69, 9.17) is 9.84 Å². The van der Waals surface area contributed by atoms with E-state index in [-0.39, 0.29) is 37.3 Å². The van der Waals surface area contributed by atoms with Gasteiger partial charge in [0.1, 0.15) is 11.6 Å². The van der Waals surface area contributed by atoms with E-state index in [0.29, 0.717) is 18.7 Å². The maximum atomic E-state index is 12.7. The SMILES string of the molecule is Cl.O=C(O)C1CCN(C(=O)COc2ccc(F)cc2)C1. The van der Waals surface area contributed by atoms with Crippen LogP contribution < -0.4 is 4.74 Å². The molecule has 20 heavy (non-hydrogen) atoms. The molecule has 1 unspecified atom stereocenters. The second-order valence-electron chi connectivity index (χ2n) is 4.41. The first-order valence-corrected chi connectivity index (χ1v) is 5.95. The molecule has 1 saturated heterocycles. The third kappa shape index (κ3) is 4.09. The van der Waals surface area contributed by atoms with Gasteiger partial charge in [0.25, 0.3) is 5.91 Å². The van der Waals surface area contributed by atoms with E-state index in [1.165, 1.54) is 29.2 Å². The summed E-state index contributed by atoms with van der Waals surface area (Å²) in [5, 5.41) is 8.84. The van der Waals surface area contributed by atoms with Crippen LogP contribution in [0.5, 0.6) is 5.75 Å². The molecular weight excluding hydrogens is 289 g/mol. The molecular formula is C13H15ClFNO4. The van der Waals surface area contributed by atoms with Crippen LogP contribution >= 0.6 is 12.4 Å². The molecule has 1 heterocycles. The number of hydrogen-bond donors (Lipinski definition) is 1. The third-order valence-corrected chi connectivity index (χ3v) is 3.07. The van der Waals surface area contributed by atoms with Gasteiger partial charge in [-0.3, -0.25) is 9.59 Å². The fourth-order valence-corrected chi connectivity index (χ4v) is 1.96. The second-order valence-corrected chi connectivity index (χ2v) is 4.41. The summed E-state index contributed by atoms with van der Waals surface area (Å²) >= 11 is 0. The van der Waals surface area contributed by atoms with Crippen molar-refractivity contribution in [3.8, 4) is 5.75 Å². The first-order chi connectivity index (χ1) is 9.06. The van der Waals surface area contributed by atoms with Gasteiger partial charge in [-0.2, -0.15) is 0 Å². The highest BCUT2D eigenvalue weighted by Gasteiger charge is 2.30. The molecule has 110 valence electrons. The number of carboxylic acids is 1. The smallest absolute Gasteiger partial charge is 0.308 e. The lowest BCUT2D eigenvalue weighted by molar-refractivity contribution is -0.141. The molecule has 1 N–H and O–H groups in total. The minimum absolute atomic E-state index is 0. The molecule has 0 bridgehead atoms. The first kappa shape index (κ1) is 16.2. The van der Waals surface area contributed by atoms with Crippen molar-refractivity contribution in [3.05, 3.63) is 30.1 Å². The van der Waals surface area contributed by atoms with Crippen LogP contribution in [0, 0.1) is 11.7 Å². The van der Waals surface area contributed by atoms with Gasteiger partial charge < -0.3 is 14.7 Å². The quantitative estimate of drug-likeness (QED) is 0.916. The van der Waals surface area contributed by atoms with Gasteiger partial charge >= 0.3 is 5.97 Å². The summed E-state index contributed by atoms with van der Waals surface area (Å²) in [4.78, 5) is 24.0. The highest BCUT2D eigenvalue weighted by molar-refractivity contribution is 5.85. The van der Waals surface area contributed by atoms with Crippen LogP contribution in [0.2, 0.25) is 0 Å². The van der Waals surface area contributed by atoms with E-state index in [1.54, 1.807) is 0 Å². The number of aliphatic carboxylic acids is 1. The van der Waals surface area contributed by atoms with Crippen LogP contribution in [0.1, 0.15) is 6.42 Å². The van der Waals surface area contributed by atoms with E-state index in [9.17, 15) is 14.0 Å². The van der Waals surface area contributed by atoms with Crippen LogP contribution in [0.3, 0.4) is 0 Å². The van der Waals surface area contributed by atoms with Gasteiger partial charge in [-0.25, -0.2) is 4.39 Å². The molecule has 0 radical (unpaired) electrons. The summed E-state index contributed by atoms with van der Waals surface area (Å²) in [5.41, 5.74) is 0. The molecule has 0 aromatic heterocycles. The molecule has 7 heteroatoms. The maximum absolute atomic E-state index is 12.7. The molecule has 1 aliphatic heterocycles. The number of halogens is 2. The Bertz CT molecular complexity index is 480. The number of benzene rings is 1. The molecule has 1 amide bonds. The van der Waals surface area contributed by atoms with Crippen molar-refractivity contribution in [1.29, 1.82) is 0 Å². The highest BCUT2D eigenvalue weighted by atomic mass is 35.5. The summed E-state index contributed by atoms with van der Waals surface area (Å²) < 4.78 is 17.9. The largest absolute Gasteiger partial charge is 0.484 e. The van der Waals surface area contributed by atoms with Gasteiger partial charge in [-0.15, -0.1) is 12.4 Å². The van der Waals surface area contributed by atoms with Crippen molar-refractivity contribution in [2.24, 2.45) is 5.92 Å². The molecule has 1 aromatic rings. The summed E-state index contributed by atoms with van der Waals surface area (Å²) in [6.45, 7) is 0.488. The fraction of sp³-hybridized carbons (Fsp3) is 0.385. The van der Waals surface area contributed by atoms with Crippen LogP contribution in [0.4, 0.5) is 4.39 Å². The molecule has 1 aliphatic rings. The van der Waals surface area contributed by atoms with Crippen LogP contribution in [-0.4, -0.2) is 41.6 Å². The van der Waals surface area contributed by atoms with Crippen LogP contribution in [0.25, 0.3) is 0 Å². The van der Waals surface area contributed by atoms with E-state index >= 15 is 0 Å². The number of carboxylic acid groups (broad SMARTS) is 1. The van der Waals surface area contributed by atoms with Crippen LogP contribution in [0.15, 0.2) is 24.3 Å². The lowest BCUT2D eigenvalue weighted by Gasteiger charge is -2.16. The maximum Gasteiger partial charge on any atom is 0.308 e. The van der Waals surface area contributed by atoms with E-state index in [0.717, 1.165) is 0 Å². The van der Waals surface area contributed by atoms with Crippen LogP contribution in [-0.2, 0) is 9.59 Å². The van der Waals surface area contributed by atoms with E-state index < -0.39 is 11.9 Å². The number of rotatable bonds is 4. The van der Waals surface area contributed by atoms with Crippen molar-refractivity contribution >= 4 is 24.3 Å². The minimum Gasteiger partial charge on any atom is -0.484 e. The molecule has 2 rings (SSSR count). The predicted octanol–water partition coefficient (Wildman–Crippen LogP) is 1.56. The lowest BCUT2D eigenvalue weighted by atomic mass is 10.1. The van der Waals surface area contributed by atoms with Gasteiger partial charge in [-0.05, 0) is 30.7 Å². The fourth-order valence-electron chi connectivity index (χ4n) is 1.96. The van der Waals surface area contributed by atoms with Crippen molar-refractivity contribution in [1.82, 2.24) is 4.90 Å². The highest BCUT2D eigenvalue weighted by Crippen LogP contribution is 2.17. The normalized spacial score (nSPS) is 17.4. The van der Waals surface area contributed by atoms with Gasteiger partial charge in [-0.1, -0.05) is 0 Å². The Balaban J connectivity index is 0.00000200. The lowest BCUT2D eigenvalue weighted by Crippen LogP contribution is -2.33. The Labute approximate surface area is 121 Å².